The Morgan fingerprint density at radius 2 is 1.93 bits per heavy atom. The molecule has 0 aliphatic carbocycles. The van der Waals surface area contributed by atoms with E-state index < -0.39 is 0 Å². The van der Waals surface area contributed by atoms with Gasteiger partial charge in [-0.2, -0.15) is 5.26 Å². The number of pyridine rings is 1. The monoisotopic (exact) mass is 407 g/mol. The molecule has 156 valence electrons. The van der Waals surface area contributed by atoms with Gasteiger partial charge in [-0.05, 0) is 49.7 Å². The van der Waals surface area contributed by atoms with Crippen LogP contribution in [0.2, 0.25) is 0 Å². The first-order valence-corrected chi connectivity index (χ1v) is 10.0. The van der Waals surface area contributed by atoms with Crippen LogP contribution in [0.15, 0.2) is 42.6 Å². The number of nitrogens with zero attached hydrogens (tertiary/aromatic N) is 4. The third kappa shape index (κ3) is 5.47. The number of esters is 1. The van der Waals surface area contributed by atoms with Crippen LogP contribution in [0.5, 0.6) is 0 Å². The van der Waals surface area contributed by atoms with Crippen LogP contribution >= 0.6 is 0 Å². The zero-order valence-corrected chi connectivity index (χ0v) is 17.0. The van der Waals surface area contributed by atoms with Crippen LogP contribution in [0.3, 0.4) is 0 Å². The number of anilines is 2. The summed E-state index contributed by atoms with van der Waals surface area (Å²) in [4.78, 5) is 32.7. The van der Waals surface area contributed by atoms with Gasteiger partial charge >= 0.3 is 5.97 Å². The van der Waals surface area contributed by atoms with Crippen LogP contribution < -0.4 is 10.2 Å². The van der Waals surface area contributed by atoms with E-state index in [4.69, 9.17) is 10.00 Å². The van der Waals surface area contributed by atoms with E-state index in [2.05, 4.69) is 21.3 Å². The van der Waals surface area contributed by atoms with Gasteiger partial charge in [-0.15, -0.1) is 0 Å². The molecule has 8 nitrogen and oxygen atoms in total. The van der Waals surface area contributed by atoms with Crippen molar-refractivity contribution in [3.8, 4) is 6.07 Å². The summed E-state index contributed by atoms with van der Waals surface area (Å²) in [5, 5.41) is 12.0. The Balaban J connectivity index is 1.52. The molecule has 1 aliphatic rings. The Morgan fingerprint density at radius 1 is 1.13 bits per heavy atom. The summed E-state index contributed by atoms with van der Waals surface area (Å²) in [7, 11) is 0. The lowest BCUT2D eigenvalue weighted by atomic mass is 10.2. The second-order valence-corrected chi connectivity index (χ2v) is 6.89. The quantitative estimate of drug-likeness (QED) is 0.734. The molecule has 0 atom stereocenters. The zero-order chi connectivity index (χ0) is 21.3. The molecule has 0 saturated carbocycles. The fourth-order valence-corrected chi connectivity index (χ4v) is 3.26. The van der Waals surface area contributed by atoms with E-state index in [0.717, 1.165) is 24.5 Å². The van der Waals surface area contributed by atoms with Gasteiger partial charge in [0.2, 0.25) is 5.91 Å². The van der Waals surface area contributed by atoms with Gasteiger partial charge in [0, 0.05) is 38.1 Å². The molecular formula is C22H25N5O3. The topological polar surface area (TPSA) is 98.6 Å². The SMILES string of the molecule is CCOC(=O)c1ccc(N2CCCN(C(=O)CNc3ccc(C#N)cc3)CC2)nc1. The number of carbonyl (C=O) groups excluding carboxylic acids is 2. The van der Waals surface area contributed by atoms with Crippen LogP contribution in [0.25, 0.3) is 0 Å². The minimum absolute atomic E-state index is 0.0341. The number of amides is 1. The fourth-order valence-electron chi connectivity index (χ4n) is 3.26. The van der Waals surface area contributed by atoms with E-state index in [0.29, 0.717) is 37.4 Å². The van der Waals surface area contributed by atoms with E-state index >= 15 is 0 Å². The predicted octanol–water partition coefficient (Wildman–Crippen LogP) is 2.28. The number of aromatic nitrogens is 1. The van der Waals surface area contributed by atoms with Gasteiger partial charge in [0.15, 0.2) is 0 Å². The highest BCUT2D eigenvalue weighted by atomic mass is 16.5. The Morgan fingerprint density at radius 3 is 2.60 bits per heavy atom. The number of nitrogens with one attached hydrogen (secondary N) is 1. The number of benzene rings is 1. The molecule has 0 unspecified atom stereocenters. The average molecular weight is 407 g/mol. The number of carbonyl (C=O) groups is 2. The molecular weight excluding hydrogens is 382 g/mol. The highest BCUT2D eigenvalue weighted by Gasteiger charge is 2.20. The normalized spacial score (nSPS) is 13.9. The van der Waals surface area contributed by atoms with Crippen molar-refractivity contribution >= 4 is 23.4 Å². The molecule has 0 bridgehead atoms. The molecule has 2 heterocycles. The van der Waals surface area contributed by atoms with Crippen LogP contribution in [0.1, 0.15) is 29.3 Å². The summed E-state index contributed by atoms with van der Waals surface area (Å²) in [5.74, 6) is 0.443. The van der Waals surface area contributed by atoms with E-state index in [1.807, 2.05) is 11.0 Å². The van der Waals surface area contributed by atoms with Crippen molar-refractivity contribution in [2.24, 2.45) is 0 Å². The lowest BCUT2D eigenvalue weighted by Crippen LogP contribution is -2.38. The molecule has 1 aromatic heterocycles. The number of ether oxygens (including phenoxy) is 1. The molecule has 1 N–H and O–H groups in total. The zero-order valence-electron chi connectivity index (χ0n) is 17.0. The van der Waals surface area contributed by atoms with Crippen molar-refractivity contribution in [2.45, 2.75) is 13.3 Å². The summed E-state index contributed by atoms with van der Waals surface area (Å²) in [6, 6.07) is 12.6. The summed E-state index contributed by atoms with van der Waals surface area (Å²) in [6.45, 7) is 5.06. The van der Waals surface area contributed by atoms with Crippen LogP contribution in [-0.2, 0) is 9.53 Å². The van der Waals surface area contributed by atoms with Crippen molar-refractivity contribution in [2.75, 3.05) is 49.5 Å². The second-order valence-electron chi connectivity index (χ2n) is 6.89. The lowest BCUT2D eigenvalue weighted by molar-refractivity contribution is -0.129. The van der Waals surface area contributed by atoms with E-state index in [9.17, 15) is 9.59 Å². The van der Waals surface area contributed by atoms with Crippen molar-refractivity contribution in [3.63, 3.8) is 0 Å². The Labute approximate surface area is 176 Å². The highest BCUT2D eigenvalue weighted by molar-refractivity contribution is 5.89. The lowest BCUT2D eigenvalue weighted by Gasteiger charge is -2.23. The Kier molecular flexibility index (Phi) is 7.22. The summed E-state index contributed by atoms with van der Waals surface area (Å²) < 4.78 is 4.98. The molecule has 3 rings (SSSR count). The second kappa shape index (κ2) is 10.3. The van der Waals surface area contributed by atoms with Crippen molar-refractivity contribution in [3.05, 3.63) is 53.7 Å². The van der Waals surface area contributed by atoms with Crippen molar-refractivity contribution in [1.82, 2.24) is 9.88 Å². The largest absolute Gasteiger partial charge is 0.462 e. The number of nitriles is 1. The maximum atomic E-state index is 12.6. The maximum Gasteiger partial charge on any atom is 0.339 e. The summed E-state index contributed by atoms with van der Waals surface area (Å²) in [5.41, 5.74) is 1.83. The molecule has 0 radical (unpaired) electrons. The standard InChI is InChI=1S/C22H25N5O3/c1-2-30-22(29)18-6-9-20(25-15-18)26-10-3-11-27(13-12-26)21(28)16-24-19-7-4-17(14-23)5-8-19/h4-9,15,24H,2-3,10-13,16H2,1H3. The summed E-state index contributed by atoms with van der Waals surface area (Å²) in [6.07, 6.45) is 2.37. The number of hydrogen-bond acceptors (Lipinski definition) is 7. The van der Waals surface area contributed by atoms with Gasteiger partial charge in [-0.1, -0.05) is 0 Å². The van der Waals surface area contributed by atoms with Crippen molar-refractivity contribution in [1.29, 1.82) is 5.26 Å². The molecule has 1 fully saturated rings. The minimum atomic E-state index is -0.376. The third-order valence-electron chi connectivity index (χ3n) is 4.89. The first-order valence-electron chi connectivity index (χ1n) is 10.0. The molecule has 1 saturated heterocycles. The van der Waals surface area contributed by atoms with E-state index in [-0.39, 0.29) is 18.4 Å². The van der Waals surface area contributed by atoms with Gasteiger partial charge in [0.25, 0.3) is 0 Å². The molecule has 1 aliphatic heterocycles. The molecule has 2 aromatic rings. The minimum Gasteiger partial charge on any atom is -0.462 e. The third-order valence-corrected chi connectivity index (χ3v) is 4.89. The maximum absolute atomic E-state index is 12.6. The van der Waals surface area contributed by atoms with Gasteiger partial charge in [0.1, 0.15) is 5.82 Å². The first-order chi connectivity index (χ1) is 14.6. The first kappa shape index (κ1) is 21.1. The van der Waals surface area contributed by atoms with E-state index in [1.165, 1.54) is 6.20 Å². The van der Waals surface area contributed by atoms with Crippen LogP contribution in [-0.4, -0.2) is 61.1 Å². The van der Waals surface area contributed by atoms with Gasteiger partial charge in [0.05, 0.1) is 30.3 Å². The van der Waals surface area contributed by atoms with Crippen LogP contribution in [0.4, 0.5) is 11.5 Å². The Bertz CT molecular complexity index is 906. The molecule has 1 aromatic carbocycles. The van der Waals surface area contributed by atoms with Gasteiger partial charge in [-0.3, -0.25) is 4.79 Å². The number of hydrogen-bond donors (Lipinski definition) is 1. The number of rotatable bonds is 6. The summed E-state index contributed by atoms with van der Waals surface area (Å²) >= 11 is 0. The fraction of sp³-hybridized carbons (Fsp3) is 0.364. The smallest absolute Gasteiger partial charge is 0.339 e. The molecule has 30 heavy (non-hydrogen) atoms. The van der Waals surface area contributed by atoms with Gasteiger partial charge < -0.3 is 19.9 Å². The Hall–Kier alpha value is -3.60. The van der Waals surface area contributed by atoms with Gasteiger partial charge in [-0.25, -0.2) is 9.78 Å². The predicted molar refractivity (Wildman–Crippen MR) is 113 cm³/mol. The highest BCUT2D eigenvalue weighted by Crippen LogP contribution is 2.15. The molecule has 0 spiro atoms. The average Bonchev–Trinajstić information content (AvgIpc) is 3.04. The molecule has 1 amide bonds. The molecule has 8 heteroatoms. The van der Waals surface area contributed by atoms with Crippen molar-refractivity contribution < 1.29 is 14.3 Å². The van der Waals surface area contributed by atoms with Crippen LogP contribution in [0, 0.1) is 11.3 Å². The van der Waals surface area contributed by atoms with E-state index in [1.54, 1.807) is 37.3 Å².